The predicted octanol–water partition coefficient (Wildman–Crippen LogP) is 6.00. The van der Waals surface area contributed by atoms with Gasteiger partial charge in [-0.25, -0.2) is 9.69 Å². The van der Waals surface area contributed by atoms with Gasteiger partial charge in [0.1, 0.15) is 11.3 Å². The predicted molar refractivity (Wildman–Crippen MR) is 102 cm³/mol. The van der Waals surface area contributed by atoms with Gasteiger partial charge in [0.15, 0.2) is 0 Å². The number of halogens is 7. The van der Waals surface area contributed by atoms with Gasteiger partial charge in [-0.05, 0) is 49.7 Å². The SMILES string of the molecule is CC1(C)C(=O)N(c2ccc(Cl)c(C(F)(F)F)c2)C(=O)N1Cc1ccc(OC(F)(F)F)cc1. The number of ether oxygens (including phenoxy) is 1. The van der Waals surface area contributed by atoms with Crippen molar-refractivity contribution in [1.82, 2.24) is 4.90 Å². The van der Waals surface area contributed by atoms with E-state index in [1.165, 1.54) is 26.0 Å². The molecular weight excluding hydrogens is 466 g/mol. The topological polar surface area (TPSA) is 49.9 Å². The molecule has 0 saturated carbocycles. The van der Waals surface area contributed by atoms with Crippen molar-refractivity contribution in [3.05, 3.63) is 58.6 Å². The van der Waals surface area contributed by atoms with E-state index in [0.29, 0.717) is 16.5 Å². The maximum atomic E-state index is 13.2. The van der Waals surface area contributed by atoms with Crippen molar-refractivity contribution in [1.29, 1.82) is 0 Å². The summed E-state index contributed by atoms with van der Waals surface area (Å²) < 4.78 is 80.3. The molecule has 0 unspecified atom stereocenters. The van der Waals surface area contributed by atoms with Crippen molar-refractivity contribution < 1.29 is 40.7 Å². The van der Waals surface area contributed by atoms with Crippen molar-refractivity contribution in [3.8, 4) is 5.75 Å². The number of urea groups is 1. The number of amides is 3. The molecule has 32 heavy (non-hydrogen) atoms. The van der Waals surface area contributed by atoms with Gasteiger partial charge in [-0.15, -0.1) is 13.2 Å². The molecule has 3 rings (SSSR count). The lowest BCUT2D eigenvalue weighted by Crippen LogP contribution is -2.43. The molecule has 172 valence electrons. The Labute approximate surface area is 183 Å². The van der Waals surface area contributed by atoms with Gasteiger partial charge < -0.3 is 9.64 Å². The molecule has 2 aromatic carbocycles. The van der Waals surface area contributed by atoms with Gasteiger partial charge in [-0.2, -0.15) is 13.2 Å². The van der Waals surface area contributed by atoms with Gasteiger partial charge in [0.2, 0.25) is 0 Å². The summed E-state index contributed by atoms with van der Waals surface area (Å²) in [5.41, 5.74) is -2.56. The van der Waals surface area contributed by atoms with Gasteiger partial charge in [0.25, 0.3) is 5.91 Å². The maximum Gasteiger partial charge on any atom is 0.573 e. The Morgan fingerprint density at radius 1 is 0.969 bits per heavy atom. The van der Waals surface area contributed by atoms with Crippen LogP contribution in [0.1, 0.15) is 25.0 Å². The standard InChI is InChI=1S/C20H15ClF6N2O3/c1-18(2)16(30)29(12-5-8-15(21)14(9-12)19(22,23)24)17(31)28(18)10-11-3-6-13(7-4-11)32-20(25,26)27/h3-9H,10H2,1-2H3. The van der Waals surface area contributed by atoms with Gasteiger partial charge in [-0.1, -0.05) is 23.7 Å². The zero-order chi connectivity index (χ0) is 24.1. The highest BCUT2D eigenvalue weighted by Crippen LogP contribution is 2.39. The first-order valence-corrected chi connectivity index (χ1v) is 9.36. The van der Waals surface area contributed by atoms with Gasteiger partial charge in [0.05, 0.1) is 16.3 Å². The van der Waals surface area contributed by atoms with Crippen LogP contribution in [0, 0.1) is 0 Å². The van der Waals surface area contributed by atoms with E-state index in [0.717, 1.165) is 29.2 Å². The highest BCUT2D eigenvalue weighted by molar-refractivity contribution is 6.31. The zero-order valence-corrected chi connectivity index (χ0v) is 17.3. The van der Waals surface area contributed by atoms with E-state index < -0.39 is 46.4 Å². The molecule has 1 aliphatic heterocycles. The quantitative estimate of drug-likeness (QED) is 0.398. The average Bonchev–Trinajstić information content (AvgIpc) is 2.81. The minimum Gasteiger partial charge on any atom is -0.406 e. The molecular formula is C20H15ClF6N2O3. The average molecular weight is 481 g/mol. The zero-order valence-electron chi connectivity index (χ0n) is 16.5. The van der Waals surface area contributed by atoms with Crippen molar-refractivity contribution in [2.75, 3.05) is 4.90 Å². The Bertz CT molecular complexity index is 1050. The fourth-order valence-corrected chi connectivity index (χ4v) is 3.40. The summed E-state index contributed by atoms with van der Waals surface area (Å²) >= 11 is 5.61. The monoisotopic (exact) mass is 480 g/mol. The molecule has 1 heterocycles. The molecule has 0 bridgehead atoms. The maximum absolute atomic E-state index is 13.2. The van der Waals surface area contributed by atoms with Crippen molar-refractivity contribution in [2.24, 2.45) is 0 Å². The largest absolute Gasteiger partial charge is 0.573 e. The van der Waals surface area contributed by atoms with E-state index in [1.54, 1.807) is 0 Å². The lowest BCUT2D eigenvalue weighted by molar-refractivity contribution is -0.274. The first kappa shape index (κ1) is 23.7. The minimum atomic E-state index is -4.87. The molecule has 0 aliphatic carbocycles. The highest BCUT2D eigenvalue weighted by Gasteiger charge is 2.52. The van der Waals surface area contributed by atoms with Crippen LogP contribution in [0.3, 0.4) is 0 Å². The molecule has 2 aromatic rings. The summed E-state index contributed by atoms with van der Waals surface area (Å²) in [6.45, 7) is 2.64. The molecule has 5 nitrogen and oxygen atoms in total. The third-order valence-electron chi connectivity index (χ3n) is 4.83. The van der Waals surface area contributed by atoms with E-state index in [9.17, 15) is 35.9 Å². The van der Waals surface area contributed by atoms with Gasteiger partial charge >= 0.3 is 18.6 Å². The molecule has 1 saturated heterocycles. The summed E-state index contributed by atoms with van der Waals surface area (Å²) in [7, 11) is 0. The summed E-state index contributed by atoms with van der Waals surface area (Å²) in [6, 6.07) is 6.44. The van der Waals surface area contributed by atoms with E-state index in [2.05, 4.69) is 4.74 Å². The first-order chi connectivity index (χ1) is 14.6. The highest BCUT2D eigenvalue weighted by atomic mass is 35.5. The van der Waals surface area contributed by atoms with Crippen LogP contribution in [0.25, 0.3) is 0 Å². The van der Waals surface area contributed by atoms with E-state index >= 15 is 0 Å². The number of carbonyl (C=O) groups excluding carboxylic acids is 2. The van der Waals surface area contributed by atoms with Crippen LogP contribution in [0.5, 0.6) is 5.75 Å². The fraction of sp³-hybridized carbons (Fsp3) is 0.300. The second-order valence-corrected chi connectivity index (χ2v) is 7.83. The number of benzene rings is 2. The van der Waals surface area contributed by atoms with Gasteiger partial charge in [0, 0.05) is 6.54 Å². The molecule has 0 aromatic heterocycles. The molecule has 0 radical (unpaired) electrons. The van der Waals surface area contributed by atoms with Gasteiger partial charge in [-0.3, -0.25) is 4.79 Å². The number of anilines is 1. The molecule has 1 aliphatic rings. The Hall–Kier alpha value is -2.95. The van der Waals surface area contributed by atoms with Crippen molar-refractivity contribution in [3.63, 3.8) is 0 Å². The number of hydrogen-bond donors (Lipinski definition) is 0. The second kappa shape index (κ2) is 7.88. The molecule has 0 atom stereocenters. The molecule has 1 fully saturated rings. The number of hydrogen-bond acceptors (Lipinski definition) is 3. The molecule has 0 N–H and O–H groups in total. The fourth-order valence-electron chi connectivity index (χ4n) is 3.18. The van der Waals surface area contributed by atoms with Crippen molar-refractivity contribution >= 4 is 29.2 Å². The van der Waals surface area contributed by atoms with E-state index in [-0.39, 0.29) is 12.2 Å². The third kappa shape index (κ3) is 4.62. The molecule has 3 amide bonds. The summed E-state index contributed by atoms with van der Waals surface area (Å²) in [5, 5.41) is -0.586. The number of nitrogens with zero attached hydrogens (tertiary/aromatic N) is 2. The van der Waals surface area contributed by atoms with Crippen LogP contribution < -0.4 is 9.64 Å². The van der Waals surface area contributed by atoms with E-state index in [1.807, 2.05) is 0 Å². The minimum absolute atomic E-state index is 0.180. The van der Waals surface area contributed by atoms with Crippen LogP contribution in [0.2, 0.25) is 5.02 Å². The van der Waals surface area contributed by atoms with Crippen LogP contribution in [0.4, 0.5) is 36.8 Å². The third-order valence-corrected chi connectivity index (χ3v) is 5.16. The lowest BCUT2D eigenvalue weighted by Gasteiger charge is -2.27. The molecule has 0 spiro atoms. The van der Waals surface area contributed by atoms with Crippen LogP contribution >= 0.6 is 11.6 Å². The van der Waals surface area contributed by atoms with Crippen LogP contribution in [-0.4, -0.2) is 28.7 Å². The summed E-state index contributed by atoms with van der Waals surface area (Å²) in [5.74, 6) is -1.23. The smallest absolute Gasteiger partial charge is 0.406 e. The number of imide groups is 1. The van der Waals surface area contributed by atoms with Crippen LogP contribution in [-0.2, 0) is 17.5 Å². The normalized spacial score (nSPS) is 16.7. The summed E-state index contributed by atoms with van der Waals surface area (Å²) in [4.78, 5) is 27.6. The Morgan fingerprint density at radius 2 is 1.56 bits per heavy atom. The first-order valence-electron chi connectivity index (χ1n) is 8.99. The number of rotatable bonds is 4. The van der Waals surface area contributed by atoms with Crippen LogP contribution in [0.15, 0.2) is 42.5 Å². The number of carbonyl (C=O) groups is 2. The number of alkyl halides is 6. The molecule has 12 heteroatoms. The Kier molecular flexibility index (Phi) is 5.83. The van der Waals surface area contributed by atoms with E-state index in [4.69, 9.17) is 11.6 Å². The lowest BCUT2D eigenvalue weighted by atomic mass is 10.0. The second-order valence-electron chi connectivity index (χ2n) is 7.42. The Morgan fingerprint density at radius 3 is 2.09 bits per heavy atom. The van der Waals surface area contributed by atoms with Crippen molar-refractivity contribution in [2.45, 2.75) is 38.5 Å². The Balaban J connectivity index is 1.89. The summed E-state index contributed by atoms with van der Waals surface area (Å²) in [6.07, 6.45) is -9.66.